The first kappa shape index (κ1) is 26.1. The molecule has 5 heteroatoms. The van der Waals surface area contributed by atoms with Gasteiger partial charge in [0.05, 0.1) is 45.0 Å². The number of ether oxygens (including phenoxy) is 3. The lowest BCUT2D eigenvalue weighted by atomic mass is 9.94. The van der Waals surface area contributed by atoms with Gasteiger partial charge in [0, 0.05) is 6.54 Å². The Bertz CT molecular complexity index is 1030. The summed E-state index contributed by atoms with van der Waals surface area (Å²) in [4.78, 5) is 15.3. The molecule has 1 amide bonds. The normalized spacial score (nSPS) is 20.0. The van der Waals surface area contributed by atoms with Crippen LogP contribution in [0.5, 0.6) is 0 Å². The van der Waals surface area contributed by atoms with Crippen LogP contribution in [0, 0.1) is 0 Å². The number of rotatable bonds is 13. The highest BCUT2D eigenvalue weighted by Gasteiger charge is 2.43. The third-order valence-electron chi connectivity index (χ3n) is 6.59. The Morgan fingerprint density at radius 3 is 1.83 bits per heavy atom. The maximum Gasteiger partial charge on any atom is 0.225 e. The molecule has 5 nitrogen and oxygen atoms in total. The molecule has 3 atom stereocenters. The molecule has 0 unspecified atom stereocenters. The number of unbranched alkanes of at least 4 members (excludes halogenated alkanes) is 1. The van der Waals surface area contributed by atoms with Gasteiger partial charge in [-0.15, -0.1) is 0 Å². The van der Waals surface area contributed by atoms with E-state index in [1.165, 1.54) is 0 Å². The quantitative estimate of drug-likeness (QED) is 0.307. The van der Waals surface area contributed by atoms with Gasteiger partial charge >= 0.3 is 0 Å². The van der Waals surface area contributed by atoms with Crippen LogP contribution in [0.3, 0.4) is 0 Å². The van der Waals surface area contributed by atoms with Crippen molar-refractivity contribution < 1.29 is 19.0 Å². The van der Waals surface area contributed by atoms with Gasteiger partial charge in [-0.3, -0.25) is 4.79 Å². The summed E-state index contributed by atoms with van der Waals surface area (Å²) < 4.78 is 19.1. The monoisotopic (exact) mass is 487 g/mol. The summed E-state index contributed by atoms with van der Waals surface area (Å²) in [5.41, 5.74) is 3.29. The highest BCUT2D eigenvalue weighted by atomic mass is 16.5. The molecule has 1 heterocycles. The van der Waals surface area contributed by atoms with Crippen molar-refractivity contribution in [3.8, 4) is 0 Å². The zero-order chi connectivity index (χ0) is 25.0. The minimum atomic E-state index is -0.343. The number of nitrogens with zero attached hydrogens (tertiary/aromatic N) is 1. The molecule has 1 saturated heterocycles. The van der Waals surface area contributed by atoms with Gasteiger partial charge < -0.3 is 19.1 Å². The van der Waals surface area contributed by atoms with Crippen molar-refractivity contribution in [2.24, 2.45) is 0 Å². The smallest absolute Gasteiger partial charge is 0.225 e. The minimum Gasteiger partial charge on any atom is -0.375 e. The van der Waals surface area contributed by atoms with E-state index in [1.54, 1.807) is 0 Å². The Kier molecular flexibility index (Phi) is 10.1. The topological polar surface area (TPSA) is 48.0 Å². The molecule has 1 fully saturated rings. The molecule has 0 saturated carbocycles. The van der Waals surface area contributed by atoms with Crippen molar-refractivity contribution in [2.75, 3.05) is 13.2 Å². The number of hydrogen-bond donors (Lipinski definition) is 0. The Morgan fingerprint density at radius 1 is 0.750 bits per heavy atom. The highest BCUT2D eigenvalue weighted by molar-refractivity contribution is 5.78. The largest absolute Gasteiger partial charge is 0.375 e. The highest BCUT2D eigenvalue weighted by Crippen LogP contribution is 2.28. The second-order valence-corrected chi connectivity index (χ2v) is 9.31. The van der Waals surface area contributed by atoms with E-state index < -0.39 is 0 Å². The molecule has 190 valence electrons. The molecule has 0 N–H and O–H groups in total. The van der Waals surface area contributed by atoms with E-state index in [2.05, 4.69) is 31.2 Å². The Morgan fingerprint density at radius 2 is 1.28 bits per heavy atom. The fraction of sp³-hybridized carbons (Fsp3) is 0.387. The summed E-state index contributed by atoms with van der Waals surface area (Å²) in [6.07, 6.45) is 1.64. The van der Waals surface area contributed by atoms with Gasteiger partial charge in [0.15, 0.2) is 0 Å². The number of hydrogen-bond acceptors (Lipinski definition) is 4. The van der Waals surface area contributed by atoms with Crippen LogP contribution in [0.25, 0.3) is 0 Å². The molecule has 4 rings (SSSR count). The predicted molar refractivity (Wildman–Crippen MR) is 141 cm³/mol. The zero-order valence-corrected chi connectivity index (χ0v) is 21.1. The second-order valence-electron chi connectivity index (χ2n) is 9.31. The molecule has 0 radical (unpaired) electrons. The first-order valence-electron chi connectivity index (χ1n) is 13.0. The third kappa shape index (κ3) is 7.50. The van der Waals surface area contributed by atoms with Gasteiger partial charge in [-0.25, -0.2) is 0 Å². The lowest BCUT2D eigenvalue weighted by molar-refractivity contribution is -0.177. The van der Waals surface area contributed by atoms with Crippen molar-refractivity contribution in [1.82, 2.24) is 4.90 Å². The molecule has 0 aliphatic carbocycles. The average Bonchev–Trinajstić information content (AvgIpc) is 2.92. The van der Waals surface area contributed by atoms with Gasteiger partial charge in [-0.1, -0.05) is 104 Å². The maximum atomic E-state index is 13.3. The van der Waals surface area contributed by atoms with Gasteiger partial charge in [0.25, 0.3) is 0 Å². The SMILES string of the molecule is CCCCN1C(=O)C[C@@H](OCc2ccccc2)[C@H](OCc2ccccc2)[C@H]1COCc1ccccc1. The van der Waals surface area contributed by atoms with E-state index in [4.69, 9.17) is 14.2 Å². The summed E-state index contributed by atoms with van der Waals surface area (Å²) in [6.45, 7) is 4.64. The van der Waals surface area contributed by atoms with E-state index >= 15 is 0 Å². The van der Waals surface area contributed by atoms with E-state index in [0.717, 1.165) is 29.5 Å². The summed E-state index contributed by atoms with van der Waals surface area (Å²) in [6, 6.07) is 30.1. The van der Waals surface area contributed by atoms with Crippen molar-refractivity contribution in [3.05, 3.63) is 108 Å². The number of likely N-dealkylation sites (tertiary alicyclic amines) is 1. The Hall–Kier alpha value is -2.99. The molecular formula is C31H37NO4. The van der Waals surface area contributed by atoms with Crippen LogP contribution in [0.15, 0.2) is 91.0 Å². The number of benzene rings is 3. The van der Waals surface area contributed by atoms with Crippen molar-refractivity contribution in [3.63, 3.8) is 0 Å². The van der Waals surface area contributed by atoms with Crippen LogP contribution < -0.4 is 0 Å². The van der Waals surface area contributed by atoms with Gasteiger partial charge in [-0.05, 0) is 23.1 Å². The first-order chi connectivity index (χ1) is 17.7. The second kappa shape index (κ2) is 13.9. The Labute approximate surface area is 215 Å². The standard InChI is InChI=1S/C31H37NO4/c1-2-3-19-32-28(24-34-21-25-13-7-4-8-14-25)31(36-23-27-17-11-6-12-18-27)29(20-30(32)33)35-22-26-15-9-5-10-16-26/h4-18,28-29,31H,2-3,19-24H2,1H3/t28-,29-,31-/m1/s1. The number of amides is 1. The molecule has 0 spiro atoms. The average molecular weight is 488 g/mol. The molecule has 3 aromatic rings. The fourth-order valence-electron chi connectivity index (χ4n) is 4.61. The summed E-state index contributed by atoms with van der Waals surface area (Å²) >= 11 is 0. The Balaban J connectivity index is 1.52. The molecule has 1 aliphatic heterocycles. The molecule has 1 aliphatic rings. The van der Waals surface area contributed by atoms with Crippen LogP contribution in [0.1, 0.15) is 42.9 Å². The lowest BCUT2D eigenvalue weighted by Gasteiger charge is -2.44. The van der Waals surface area contributed by atoms with Crippen LogP contribution in [0.2, 0.25) is 0 Å². The third-order valence-corrected chi connectivity index (χ3v) is 6.59. The molecule has 36 heavy (non-hydrogen) atoms. The van der Waals surface area contributed by atoms with E-state index in [1.807, 2.05) is 71.6 Å². The summed E-state index contributed by atoms with van der Waals surface area (Å²) in [5, 5.41) is 0. The zero-order valence-electron chi connectivity index (χ0n) is 21.1. The van der Waals surface area contributed by atoms with Gasteiger partial charge in [0.2, 0.25) is 5.91 Å². The van der Waals surface area contributed by atoms with Crippen LogP contribution in [-0.2, 0) is 38.8 Å². The van der Waals surface area contributed by atoms with E-state index in [0.29, 0.717) is 39.4 Å². The van der Waals surface area contributed by atoms with Crippen LogP contribution in [-0.4, -0.2) is 42.2 Å². The fourth-order valence-corrected chi connectivity index (χ4v) is 4.61. The molecule has 0 bridgehead atoms. The maximum absolute atomic E-state index is 13.3. The molecular weight excluding hydrogens is 450 g/mol. The minimum absolute atomic E-state index is 0.106. The number of piperidine rings is 1. The van der Waals surface area contributed by atoms with Gasteiger partial charge in [0.1, 0.15) is 6.10 Å². The summed E-state index contributed by atoms with van der Waals surface area (Å²) in [5.74, 6) is 0.106. The summed E-state index contributed by atoms with van der Waals surface area (Å²) in [7, 11) is 0. The van der Waals surface area contributed by atoms with Crippen molar-refractivity contribution >= 4 is 5.91 Å². The van der Waals surface area contributed by atoms with Gasteiger partial charge in [-0.2, -0.15) is 0 Å². The van der Waals surface area contributed by atoms with Crippen LogP contribution in [0.4, 0.5) is 0 Å². The first-order valence-corrected chi connectivity index (χ1v) is 13.0. The van der Waals surface area contributed by atoms with Crippen molar-refractivity contribution in [1.29, 1.82) is 0 Å². The molecule has 3 aromatic carbocycles. The van der Waals surface area contributed by atoms with E-state index in [-0.39, 0.29) is 24.2 Å². The number of carbonyl (C=O) groups excluding carboxylic acids is 1. The van der Waals surface area contributed by atoms with E-state index in [9.17, 15) is 4.79 Å². The number of carbonyl (C=O) groups is 1. The van der Waals surface area contributed by atoms with Crippen LogP contribution >= 0.6 is 0 Å². The lowest BCUT2D eigenvalue weighted by Crippen LogP contribution is -2.60. The van der Waals surface area contributed by atoms with Crippen molar-refractivity contribution in [2.45, 2.75) is 64.3 Å². The predicted octanol–water partition coefficient (Wildman–Crippen LogP) is 5.78. The molecule has 0 aromatic heterocycles.